The molecule has 0 atom stereocenters. The monoisotopic (exact) mass is 217 g/mol. The summed E-state index contributed by atoms with van der Waals surface area (Å²) >= 11 is 0. The third-order valence-corrected chi connectivity index (χ3v) is 3.01. The van der Waals surface area contributed by atoms with Crippen LogP contribution in [0.2, 0.25) is 0 Å². The average Bonchev–Trinajstić information content (AvgIpc) is 2.24. The maximum Gasteiger partial charge on any atom is 0.155 e. The summed E-state index contributed by atoms with van der Waals surface area (Å²) in [7, 11) is 7.72. The van der Waals surface area contributed by atoms with Gasteiger partial charge in [0.05, 0.1) is 0 Å². The minimum absolute atomic E-state index is 0.305. The van der Waals surface area contributed by atoms with Crippen LogP contribution in [0.5, 0.6) is 0 Å². The molecule has 0 spiro atoms. The first kappa shape index (κ1) is 14.8. The molecule has 0 unspecified atom stereocenters. The first-order valence-electron chi connectivity index (χ1n) is 5.44. The van der Waals surface area contributed by atoms with Gasteiger partial charge in [0.2, 0.25) is 0 Å². The van der Waals surface area contributed by atoms with Crippen LogP contribution >= 0.6 is 0 Å². The minimum atomic E-state index is -0.412. The van der Waals surface area contributed by atoms with Crippen molar-refractivity contribution < 1.29 is 0 Å². The predicted octanol–water partition coefficient (Wildman–Crippen LogP) is -0.768. The first-order chi connectivity index (χ1) is 6.91. The van der Waals surface area contributed by atoms with Gasteiger partial charge in [0, 0.05) is 6.04 Å². The summed E-state index contributed by atoms with van der Waals surface area (Å²) in [5.74, 6) is -0.412. The normalized spacial score (nSPS) is 13.6. The second-order valence-corrected chi connectivity index (χ2v) is 4.17. The van der Waals surface area contributed by atoms with E-state index in [0.717, 1.165) is 0 Å². The number of nitrogens with one attached hydrogen (secondary N) is 5. The molecule has 0 heterocycles. The van der Waals surface area contributed by atoms with Crippen molar-refractivity contribution in [1.82, 2.24) is 26.6 Å². The number of hydrogen-bond donors (Lipinski definition) is 5. The van der Waals surface area contributed by atoms with Crippen LogP contribution in [-0.4, -0.2) is 45.7 Å². The Balaban J connectivity index is 5.04. The molecule has 5 heteroatoms. The van der Waals surface area contributed by atoms with Crippen molar-refractivity contribution in [3.05, 3.63) is 0 Å². The van der Waals surface area contributed by atoms with Gasteiger partial charge >= 0.3 is 0 Å². The molecule has 0 aliphatic carbocycles. The Morgan fingerprint density at radius 2 is 1.20 bits per heavy atom. The van der Waals surface area contributed by atoms with E-state index in [1.165, 1.54) is 0 Å². The molecule has 0 bridgehead atoms. The van der Waals surface area contributed by atoms with Gasteiger partial charge in [-0.3, -0.25) is 26.6 Å². The van der Waals surface area contributed by atoms with E-state index in [1.807, 2.05) is 28.2 Å². The van der Waals surface area contributed by atoms with E-state index in [1.54, 1.807) is 0 Å². The zero-order chi connectivity index (χ0) is 12.1. The van der Waals surface area contributed by atoms with Crippen molar-refractivity contribution in [3.8, 4) is 0 Å². The highest BCUT2D eigenvalue weighted by atomic mass is 15.4. The second kappa shape index (κ2) is 5.77. The van der Waals surface area contributed by atoms with Crippen molar-refractivity contribution in [2.75, 3.05) is 28.2 Å². The smallest absolute Gasteiger partial charge is 0.155 e. The predicted molar refractivity (Wildman–Crippen MR) is 65.6 cm³/mol. The summed E-state index contributed by atoms with van der Waals surface area (Å²) < 4.78 is 0. The highest BCUT2D eigenvalue weighted by Crippen LogP contribution is 2.13. The Hall–Kier alpha value is -0.200. The Bertz CT molecular complexity index is 173. The zero-order valence-electron chi connectivity index (χ0n) is 11.1. The maximum atomic E-state index is 3.49. The fraction of sp³-hybridized carbons (Fsp3) is 1.00. The van der Waals surface area contributed by atoms with Gasteiger partial charge in [-0.15, -0.1) is 0 Å². The molecule has 0 fully saturated rings. The molecular weight excluding hydrogens is 190 g/mol. The van der Waals surface area contributed by atoms with Crippen LogP contribution in [0.25, 0.3) is 0 Å². The number of hydrogen-bond acceptors (Lipinski definition) is 5. The summed E-state index contributed by atoms with van der Waals surface area (Å²) in [5, 5.41) is 16.6. The highest BCUT2D eigenvalue weighted by molar-refractivity contribution is 5.01. The largest absolute Gasteiger partial charge is 0.299 e. The Morgan fingerprint density at radius 3 is 1.40 bits per heavy atom. The van der Waals surface area contributed by atoms with Crippen molar-refractivity contribution in [3.63, 3.8) is 0 Å². The molecule has 15 heavy (non-hydrogen) atoms. The lowest BCUT2D eigenvalue weighted by Crippen LogP contribution is -2.84. The zero-order valence-corrected chi connectivity index (χ0v) is 11.1. The molecule has 0 saturated heterocycles. The van der Waals surface area contributed by atoms with Gasteiger partial charge in [-0.2, -0.15) is 0 Å². The van der Waals surface area contributed by atoms with Crippen molar-refractivity contribution in [1.29, 1.82) is 0 Å². The quantitative estimate of drug-likeness (QED) is 0.363. The lowest BCUT2D eigenvalue weighted by Gasteiger charge is -2.49. The van der Waals surface area contributed by atoms with Gasteiger partial charge in [0.15, 0.2) is 5.79 Å². The molecule has 0 aromatic carbocycles. The van der Waals surface area contributed by atoms with Crippen molar-refractivity contribution in [2.45, 2.75) is 38.3 Å². The molecule has 0 aliphatic heterocycles. The van der Waals surface area contributed by atoms with Crippen LogP contribution in [0.4, 0.5) is 0 Å². The fourth-order valence-corrected chi connectivity index (χ4v) is 1.85. The van der Waals surface area contributed by atoms with Crippen LogP contribution in [0.1, 0.15) is 20.8 Å². The Morgan fingerprint density at radius 1 is 0.800 bits per heavy atom. The van der Waals surface area contributed by atoms with E-state index < -0.39 is 5.79 Å². The third kappa shape index (κ3) is 2.89. The van der Waals surface area contributed by atoms with Crippen molar-refractivity contribution >= 4 is 0 Å². The van der Waals surface area contributed by atoms with E-state index in [9.17, 15) is 0 Å². The van der Waals surface area contributed by atoms with E-state index in [4.69, 9.17) is 0 Å². The summed E-state index contributed by atoms with van der Waals surface area (Å²) in [4.78, 5) is 0. The van der Waals surface area contributed by atoms with E-state index in [0.29, 0.717) is 6.04 Å². The van der Waals surface area contributed by atoms with Gasteiger partial charge in [-0.25, -0.2) is 0 Å². The summed E-state index contributed by atoms with van der Waals surface area (Å²) in [6.45, 7) is 6.33. The number of rotatable bonds is 7. The molecule has 0 saturated carbocycles. The Labute approximate surface area is 93.8 Å². The van der Waals surface area contributed by atoms with E-state index in [2.05, 4.69) is 47.4 Å². The van der Waals surface area contributed by atoms with Gasteiger partial charge in [-0.1, -0.05) is 0 Å². The lowest BCUT2D eigenvalue weighted by atomic mass is 10.0. The molecule has 0 aromatic rings. The molecule has 5 N–H and O–H groups in total. The third-order valence-electron chi connectivity index (χ3n) is 3.01. The molecule has 5 nitrogen and oxygen atoms in total. The Kier molecular flexibility index (Phi) is 5.69. The summed E-state index contributed by atoms with van der Waals surface area (Å²) in [6, 6.07) is 0.367. The SMILES string of the molecule is CNC(C)(NC)C(NC)(NC)NC(C)C. The van der Waals surface area contributed by atoms with Gasteiger partial charge < -0.3 is 0 Å². The maximum absolute atomic E-state index is 3.49. The van der Waals surface area contributed by atoms with Crippen LogP contribution in [-0.2, 0) is 0 Å². The molecule has 0 aromatic heterocycles. The van der Waals surface area contributed by atoms with Crippen LogP contribution in [0, 0.1) is 0 Å². The molecule has 92 valence electrons. The minimum Gasteiger partial charge on any atom is -0.299 e. The average molecular weight is 217 g/mol. The second-order valence-electron chi connectivity index (χ2n) is 4.17. The summed E-state index contributed by atoms with van der Waals surface area (Å²) in [5.41, 5.74) is -0.305. The van der Waals surface area contributed by atoms with Crippen LogP contribution in [0.3, 0.4) is 0 Å². The standard InChI is InChI=1S/C10H27N5/c1-8(2)15-10(13-6,14-7)9(3,11-4)12-5/h8,11-15H,1-7H3. The lowest BCUT2D eigenvalue weighted by molar-refractivity contribution is 0.0585. The molecular formula is C10H27N5. The topological polar surface area (TPSA) is 60.1 Å². The van der Waals surface area contributed by atoms with E-state index in [-0.39, 0.29) is 5.66 Å². The van der Waals surface area contributed by atoms with Gasteiger partial charge in [0.25, 0.3) is 0 Å². The van der Waals surface area contributed by atoms with E-state index >= 15 is 0 Å². The van der Waals surface area contributed by atoms with Crippen molar-refractivity contribution in [2.24, 2.45) is 0 Å². The van der Waals surface area contributed by atoms with Gasteiger partial charge in [-0.05, 0) is 49.0 Å². The fourth-order valence-electron chi connectivity index (χ4n) is 1.85. The van der Waals surface area contributed by atoms with Gasteiger partial charge in [0.1, 0.15) is 5.66 Å². The summed E-state index contributed by atoms with van der Waals surface area (Å²) in [6.07, 6.45) is 0. The molecule has 0 rings (SSSR count). The first-order valence-corrected chi connectivity index (χ1v) is 5.44. The van der Waals surface area contributed by atoms with Crippen LogP contribution < -0.4 is 26.6 Å². The molecule has 0 aliphatic rings. The number of likely N-dealkylation sites (N-methyl/N-ethyl adjacent to an activating group) is 4. The highest BCUT2D eigenvalue weighted by Gasteiger charge is 2.44. The molecule has 0 amide bonds. The van der Waals surface area contributed by atoms with Crippen LogP contribution in [0.15, 0.2) is 0 Å². The molecule has 0 radical (unpaired) electrons.